The summed E-state index contributed by atoms with van der Waals surface area (Å²) >= 11 is 0. The second-order valence-corrected chi connectivity index (χ2v) is 4.91. The summed E-state index contributed by atoms with van der Waals surface area (Å²) in [5, 5.41) is 2.16. The molecule has 0 saturated heterocycles. The molecule has 2 heteroatoms. The topological polar surface area (TPSA) is 26.3 Å². The molecule has 1 atom stereocenters. The molecule has 21 heavy (non-hydrogen) atoms. The van der Waals surface area contributed by atoms with Crippen molar-refractivity contribution < 1.29 is 9.53 Å². The fraction of sp³-hybridized carbons (Fsp3) is 0.105. The van der Waals surface area contributed by atoms with Crippen molar-refractivity contribution in [2.45, 2.75) is 6.10 Å². The van der Waals surface area contributed by atoms with Crippen molar-refractivity contribution in [2.75, 3.05) is 7.11 Å². The molecule has 3 aromatic carbocycles. The number of hydrogen-bond donors (Lipinski definition) is 0. The van der Waals surface area contributed by atoms with Crippen LogP contribution in [-0.2, 0) is 4.74 Å². The van der Waals surface area contributed by atoms with Gasteiger partial charge in [0.05, 0.1) is 0 Å². The largest absolute Gasteiger partial charge is 0.369 e. The van der Waals surface area contributed by atoms with Crippen LogP contribution in [0.4, 0.5) is 0 Å². The third-order valence-corrected chi connectivity index (χ3v) is 3.64. The van der Waals surface area contributed by atoms with E-state index in [2.05, 4.69) is 0 Å². The Bertz CT molecular complexity index is 757. The van der Waals surface area contributed by atoms with E-state index in [1.807, 2.05) is 72.8 Å². The van der Waals surface area contributed by atoms with Crippen molar-refractivity contribution in [2.24, 2.45) is 0 Å². The molecule has 1 unspecified atom stereocenters. The van der Waals surface area contributed by atoms with Crippen LogP contribution in [0.1, 0.15) is 22.0 Å². The van der Waals surface area contributed by atoms with Crippen LogP contribution in [0.25, 0.3) is 10.8 Å². The molecule has 3 rings (SSSR count). The summed E-state index contributed by atoms with van der Waals surface area (Å²) in [6, 6.07) is 23.3. The van der Waals surface area contributed by atoms with Gasteiger partial charge in [-0.1, -0.05) is 72.8 Å². The standard InChI is InChI=1S/C19H16O2/c1-21-19(18(20)15-9-3-2-4-10-15)17-13-7-11-14-8-5-6-12-16(14)17/h2-13,19H,1H3. The van der Waals surface area contributed by atoms with Gasteiger partial charge in [-0.3, -0.25) is 4.79 Å². The van der Waals surface area contributed by atoms with Gasteiger partial charge in [0, 0.05) is 12.7 Å². The summed E-state index contributed by atoms with van der Waals surface area (Å²) in [6.45, 7) is 0. The Balaban J connectivity index is 2.09. The quantitative estimate of drug-likeness (QED) is 0.660. The maximum absolute atomic E-state index is 12.7. The summed E-state index contributed by atoms with van der Waals surface area (Å²) in [4.78, 5) is 12.7. The Hall–Kier alpha value is -2.45. The molecule has 0 aliphatic heterocycles. The lowest BCUT2D eigenvalue weighted by Gasteiger charge is -2.17. The van der Waals surface area contributed by atoms with Crippen LogP contribution in [0.2, 0.25) is 0 Å². The number of Topliss-reactive ketones (excluding diaryl/α,β-unsaturated/α-hetero) is 1. The average molecular weight is 276 g/mol. The second kappa shape index (κ2) is 5.90. The molecule has 0 bridgehead atoms. The summed E-state index contributed by atoms with van der Waals surface area (Å²) in [5.74, 6) is -0.0190. The van der Waals surface area contributed by atoms with Gasteiger partial charge in [0.15, 0.2) is 5.78 Å². The van der Waals surface area contributed by atoms with Crippen molar-refractivity contribution >= 4 is 16.6 Å². The van der Waals surface area contributed by atoms with Gasteiger partial charge in [-0.2, -0.15) is 0 Å². The molecule has 0 radical (unpaired) electrons. The van der Waals surface area contributed by atoms with E-state index in [-0.39, 0.29) is 5.78 Å². The summed E-state index contributed by atoms with van der Waals surface area (Å²) in [6.07, 6.45) is -0.585. The van der Waals surface area contributed by atoms with E-state index < -0.39 is 6.10 Å². The highest BCUT2D eigenvalue weighted by molar-refractivity contribution is 6.02. The van der Waals surface area contributed by atoms with Crippen molar-refractivity contribution in [1.82, 2.24) is 0 Å². The Morgan fingerprint density at radius 1 is 0.857 bits per heavy atom. The van der Waals surface area contributed by atoms with Gasteiger partial charge in [-0.05, 0) is 16.3 Å². The molecular weight excluding hydrogens is 260 g/mol. The summed E-state index contributed by atoms with van der Waals surface area (Å²) in [5.41, 5.74) is 1.57. The highest BCUT2D eigenvalue weighted by Gasteiger charge is 2.23. The highest BCUT2D eigenvalue weighted by Crippen LogP contribution is 2.28. The second-order valence-electron chi connectivity index (χ2n) is 4.91. The van der Waals surface area contributed by atoms with Gasteiger partial charge in [0.25, 0.3) is 0 Å². The Kier molecular flexibility index (Phi) is 3.80. The Labute approximate surface area is 124 Å². The normalized spacial score (nSPS) is 12.2. The van der Waals surface area contributed by atoms with E-state index in [9.17, 15) is 4.79 Å². The average Bonchev–Trinajstić information content (AvgIpc) is 2.56. The van der Waals surface area contributed by atoms with Crippen molar-refractivity contribution in [3.05, 3.63) is 83.9 Å². The molecule has 104 valence electrons. The number of carbonyl (C=O) groups excluding carboxylic acids is 1. The molecule has 0 aliphatic carbocycles. The first-order chi connectivity index (χ1) is 10.3. The van der Waals surface area contributed by atoms with Crippen LogP contribution >= 0.6 is 0 Å². The number of hydrogen-bond acceptors (Lipinski definition) is 2. The van der Waals surface area contributed by atoms with Crippen molar-refractivity contribution in [1.29, 1.82) is 0 Å². The van der Waals surface area contributed by atoms with Crippen molar-refractivity contribution in [3.8, 4) is 0 Å². The molecule has 0 heterocycles. The van der Waals surface area contributed by atoms with Crippen LogP contribution < -0.4 is 0 Å². The van der Waals surface area contributed by atoms with E-state index in [1.165, 1.54) is 0 Å². The maximum Gasteiger partial charge on any atom is 0.196 e. The zero-order chi connectivity index (χ0) is 14.7. The highest BCUT2D eigenvalue weighted by atomic mass is 16.5. The molecule has 2 nitrogen and oxygen atoms in total. The van der Waals surface area contributed by atoms with Crippen LogP contribution in [0, 0.1) is 0 Å². The van der Waals surface area contributed by atoms with Crippen molar-refractivity contribution in [3.63, 3.8) is 0 Å². The van der Waals surface area contributed by atoms with Gasteiger partial charge < -0.3 is 4.74 Å². The predicted molar refractivity (Wildman–Crippen MR) is 84.5 cm³/mol. The molecule has 0 aromatic heterocycles. The lowest BCUT2D eigenvalue weighted by Crippen LogP contribution is -2.15. The number of benzene rings is 3. The Morgan fingerprint density at radius 2 is 1.52 bits per heavy atom. The lowest BCUT2D eigenvalue weighted by molar-refractivity contribution is 0.0608. The molecule has 0 saturated carbocycles. The molecule has 0 N–H and O–H groups in total. The monoisotopic (exact) mass is 276 g/mol. The molecule has 0 amide bonds. The number of fused-ring (bicyclic) bond motifs is 1. The van der Waals surface area contributed by atoms with Gasteiger partial charge in [-0.15, -0.1) is 0 Å². The third-order valence-electron chi connectivity index (χ3n) is 3.64. The fourth-order valence-corrected chi connectivity index (χ4v) is 2.61. The SMILES string of the molecule is COC(C(=O)c1ccccc1)c1cccc2ccccc12. The minimum absolute atomic E-state index is 0.0190. The number of rotatable bonds is 4. The fourth-order valence-electron chi connectivity index (χ4n) is 2.61. The minimum atomic E-state index is -0.585. The van der Waals surface area contributed by atoms with E-state index in [0.717, 1.165) is 16.3 Å². The van der Waals surface area contributed by atoms with E-state index in [1.54, 1.807) is 7.11 Å². The molecule has 0 spiro atoms. The van der Waals surface area contributed by atoms with Crippen LogP contribution in [-0.4, -0.2) is 12.9 Å². The first-order valence-corrected chi connectivity index (χ1v) is 6.91. The number of ketones is 1. The summed E-state index contributed by atoms with van der Waals surface area (Å²) < 4.78 is 5.51. The zero-order valence-corrected chi connectivity index (χ0v) is 11.8. The third kappa shape index (κ3) is 2.58. The predicted octanol–water partition coefficient (Wildman–Crippen LogP) is 4.41. The number of methoxy groups -OCH3 is 1. The van der Waals surface area contributed by atoms with E-state index >= 15 is 0 Å². The van der Waals surface area contributed by atoms with Gasteiger partial charge in [0.1, 0.15) is 6.10 Å². The van der Waals surface area contributed by atoms with E-state index in [0.29, 0.717) is 5.56 Å². The Morgan fingerprint density at radius 3 is 2.29 bits per heavy atom. The maximum atomic E-state index is 12.7. The van der Waals surface area contributed by atoms with Gasteiger partial charge >= 0.3 is 0 Å². The molecule has 0 aliphatic rings. The molecule has 0 fully saturated rings. The molecule has 3 aromatic rings. The first-order valence-electron chi connectivity index (χ1n) is 6.91. The first kappa shape index (κ1) is 13.5. The van der Waals surface area contributed by atoms with Crippen LogP contribution in [0.3, 0.4) is 0 Å². The number of carbonyl (C=O) groups is 1. The zero-order valence-electron chi connectivity index (χ0n) is 11.8. The van der Waals surface area contributed by atoms with Gasteiger partial charge in [0.2, 0.25) is 0 Å². The minimum Gasteiger partial charge on any atom is -0.369 e. The molecular formula is C19H16O2. The summed E-state index contributed by atoms with van der Waals surface area (Å²) in [7, 11) is 1.58. The van der Waals surface area contributed by atoms with E-state index in [4.69, 9.17) is 4.74 Å². The van der Waals surface area contributed by atoms with Crippen LogP contribution in [0.15, 0.2) is 72.8 Å². The van der Waals surface area contributed by atoms with Crippen LogP contribution in [0.5, 0.6) is 0 Å². The lowest BCUT2D eigenvalue weighted by atomic mass is 9.95. The van der Waals surface area contributed by atoms with Gasteiger partial charge in [-0.25, -0.2) is 0 Å². The number of ether oxygens (including phenoxy) is 1. The smallest absolute Gasteiger partial charge is 0.196 e.